The number of carbonyl (C=O) groups excluding carboxylic acids is 1. The van der Waals surface area contributed by atoms with Crippen molar-refractivity contribution in [2.75, 3.05) is 13.2 Å². The number of rotatable bonds is 6. The third-order valence-electron chi connectivity index (χ3n) is 2.29. The molecule has 1 unspecified atom stereocenters. The number of amidine groups is 1. The Morgan fingerprint density at radius 1 is 1.50 bits per heavy atom. The molecule has 0 aliphatic rings. The maximum absolute atomic E-state index is 11.6. The summed E-state index contributed by atoms with van der Waals surface area (Å²) in [6.07, 6.45) is 0. The quantitative estimate of drug-likeness (QED) is 0.299. The van der Waals surface area contributed by atoms with Crippen molar-refractivity contribution < 1.29 is 14.7 Å². The fourth-order valence-electron chi connectivity index (χ4n) is 1.43. The molecule has 4 N–H and O–H groups in total. The Labute approximate surface area is 105 Å². The van der Waals surface area contributed by atoms with Crippen LogP contribution < -0.4 is 11.1 Å². The van der Waals surface area contributed by atoms with E-state index in [0.29, 0.717) is 6.61 Å². The lowest BCUT2D eigenvalue weighted by molar-refractivity contribution is -0.125. The average Bonchev–Trinajstić information content (AvgIpc) is 2.42. The second-order valence-electron chi connectivity index (χ2n) is 3.57. The SMILES string of the molecule is CCOCC(=O)NC(/C(N)=N/O)c1ccccc1. The van der Waals surface area contributed by atoms with Crippen LogP contribution in [0.4, 0.5) is 0 Å². The number of nitrogens with two attached hydrogens (primary N) is 1. The lowest BCUT2D eigenvalue weighted by Crippen LogP contribution is -2.39. The van der Waals surface area contributed by atoms with E-state index in [4.69, 9.17) is 15.7 Å². The molecule has 0 saturated heterocycles. The Kier molecular flexibility index (Phi) is 5.66. The minimum absolute atomic E-state index is 0.0570. The van der Waals surface area contributed by atoms with Gasteiger partial charge in [0.15, 0.2) is 5.84 Å². The van der Waals surface area contributed by atoms with Crippen molar-refractivity contribution >= 4 is 11.7 Å². The van der Waals surface area contributed by atoms with Crippen LogP contribution in [0.5, 0.6) is 0 Å². The molecule has 0 aliphatic heterocycles. The lowest BCUT2D eigenvalue weighted by atomic mass is 10.1. The van der Waals surface area contributed by atoms with Crippen LogP contribution in [0.3, 0.4) is 0 Å². The van der Waals surface area contributed by atoms with Gasteiger partial charge in [-0.15, -0.1) is 0 Å². The summed E-state index contributed by atoms with van der Waals surface area (Å²) in [5.74, 6) is -0.400. The largest absolute Gasteiger partial charge is 0.409 e. The molecule has 0 spiro atoms. The molecule has 0 saturated carbocycles. The zero-order chi connectivity index (χ0) is 13.4. The van der Waals surface area contributed by atoms with Gasteiger partial charge in [-0.3, -0.25) is 4.79 Å². The Hall–Kier alpha value is -2.08. The molecule has 1 aromatic rings. The molecule has 0 fully saturated rings. The minimum atomic E-state index is -0.663. The highest BCUT2D eigenvalue weighted by atomic mass is 16.5. The number of hydrogen-bond donors (Lipinski definition) is 3. The van der Waals surface area contributed by atoms with Crippen molar-refractivity contribution in [1.29, 1.82) is 0 Å². The topological polar surface area (TPSA) is 96.9 Å². The number of carbonyl (C=O) groups is 1. The fraction of sp³-hybridized carbons (Fsp3) is 0.333. The number of hydrogen-bond acceptors (Lipinski definition) is 4. The van der Waals surface area contributed by atoms with Gasteiger partial charge < -0.3 is 21.0 Å². The first-order chi connectivity index (χ1) is 8.69. The van der Waals surface area contributed by atoms with E-state index in [-0.39, 0.29) is 18.3 Å². The van der Waals surface area contributed by atoms with Crippen molar-refractivity contribution in [1.82, 2.24) is 5.32 Å². The highest BCUT2D eigenvalue weighted by molar-refractivity contribution is 5.91. The van der Waals surface area contributed by atoms with Gasteiger partial charge in [-0.2, -0.15) is 0 Å². The summed E-state index contributed by atoms with van der Waals surface area (Å²) in [6, 6.07) is 8.36. The lowest BCUT2D eigenvalue weighted by Gasteiger charge is -2.17. The second kappa shape index (κ2) is 7.29. The molecule has 1 atom stereocenters. The number of benzene rings is 1. The summed E-state index contributed by atoms with van der Waals surface area (Å²) in [4.78, 5) is 11.6. The van der Waals surface area contributed by atoms with Gasteiger partial charge in [0.05, 0.1) is 0 Å². The Balaban J connectivity index is 2.78. The first-order valence-corrected chi connectivity index (χ1v) is 5.58. The molecule has 0 aromatic heterocycles. The first-order valence-electron chi connectivity index (χ1n) is 5.58. The minimum Gasteiger partial charge on any atom is -0.409 e. The van der Waals surface area contributed by atoms with E-state index in [9.17, 15) is 4.79 Å². The summed E-state index contributed by atoms with van der Waals surface area (Å²) < 4.78 is 4.99. The molecule has 0 heterocycles. The van der Waals surface area contributed by atoms with E-state index in [0.717, 1.165) is 5.56 Å². The third kappa shape index (κ3) is 4.06. The highest BCUT2D eigenvalue weighted by Crippen LogP contribution is 2.12. The molecule has 1 aromatic carbocycles. The summed E-state index contributed by atoms with van der Waals surface area (Å²) >= 11 is 0. The van der Waals surface area contributed by atoms with Gasteiger partial charge in [0.25, 0.3) is 0 Å². The van der Waals surface area contributed by atoms with E-state index in [1.807, 2.05) is 18.2 Å². The average molecular weight is 251 g/mol. The van der Waals surface area contributed by atoms with Crippen LogP contribution >= 0.6 is 0 Å². The number of nitrogens with zero attached hydrogens (tertiary/aromatic N) is 1. The number of amides is 1. The standard InChI is InChI=1S/C12H17N3O3/c1-2-18-8-10(16)14-11(12(13)15-17)9-6-4-3-5-7-9/h3-7,11,17H,2,8H2,1H3,(H2,13,15)(H,14,16). The molecule has 0 radical (unpaired) electrons. The van der Waals surface area contributed by atoms with Crippen molar-refractivity contribution in [3.63, 3.8) is 0 Å². The normalized spacial score (nSPS) is 13.1. The molecular formula is C12H17N3O3. The van der Waals surface area contributed by atoms with E-state index in [1.54, 1.807) is 19.1 Å². The third-order valence-corrected chi connectivity index (χ3v) is 2.29. The molecule has 18 heavy (non-hydrogen) atoms. The highest BCUT2D eigenvalue weighted by Gasteiger charge is 2.18. The summed E-state index contributed by atoms with van der Waals surface area (Å²) in [5, 5.41) is 14.3. The molecular weight excluding hydrogens is 234 g/mol. The predicted octanol–water partition coefficient (Wildman–Crippen LogP) is 0.627. The summed E-state index contributed by atoms with van der Waals surface area (Å²) in [5.41, 5.74) is 6.30. The van der Waals surface area contributed by atoms with Crippen LogP contribution in [0.2, 0.25) is 0 Å². The zero-order valence-corrected chi connectivity index (χ0v) is 10.2. The molecule has 98 valence electrons. The van der Waals surface area contributed by atoms with Gasteiger partial charge in [0.1, 0.15) is 12.6 Å². The smallest absolute Gasteiger partial charge is 0.246 e. The summed E-state index contributed by atoms with van der Waals surface area (Å²) in [6.45, 7) is 2.19. The van der Waals surface area contributed by atoms with E-state index < -0.39 is 6.04 Å². The maximum atomic E-state index is 11.6. The predicted molar refractivity (Wildman–Crippen MR) is 67.2 cm³/mol. The Morgan fingerprint density at radius 2 is 2.17 bits per heavy atom. The van der Waals surface area contributed by atoms with Crippen LogP contribution in [0, 0.1) is 0 Å². The van der Waals surface area contributed by atoms with Crippen LogP contribution in [0.25, 0.3) is 0 Å². The van der Waals surface area contributed by atoms with Crippen LogP contribution in [0.15, 0.2) is 35.5 Å². The van der Waals surface area contributed by atoms with Crippen LogP contribution in [0.1, 0.15) is 18.5 Å². The van der Waals surface area contributed by atoms with Crippen molar-refractivity contribution in [3.8, 4) is 0 Å². The van der Waals surface area contributed by atoms with Gasteiger partial charge in [-0.25, -0.2) is 0 Å². The van der Waals surface area contributed by atoms with E-state index in [1.165, 1.54) is 0 Å². The monoisotopic (exact) mass is 251 g/mol. The van der Waals surface area contributed by atoms with Crippen molar-refractivity contribution in [2.24, 2.45) is 10.9 Å². The maximum Gasteiger partial charge on any atom is 0.246 e. The van der Waals surface area contributed by atoms with Gasteiger partial charge in [0.2, 0.25) is 5.91 Å². The first kappa shape index (κ1) is 14.0. The van der Waals surface area contributed by atoms with Crippen LogP contribution in [-0.4, -0.2) is 30.2 Å². The molecule has 6 nitrogen and oxygen atoms in total. The van der Waals surface area contributed by atoms with Gasteiger partial charge >= 0.3 is 0 Å². The summed E-state index contributed by atoms with van der Waals surface area (Å²) in [7, 11) is 0. The van der Waals surface area contributed by atoms with Crippen molar-refractivity contribution in [2.45, 2.75) is 13.0 Å². The van der Waals surface area contributed by atoms with Gasteiger partial charge in [-0.05, 0) is 12.5 Å². The Bertz CT molecular complexity index is 406. The molecule has 1 rings (SSSR count). The van der Waals surface area contributed by atoms with E-state index >= 15 is 0 Å². The second-order valence-corrected chi connectivity index (χ2v) is 3.57. The van der Waals surface area contributed by atoms with Gasteiger partial charge in [0, 0.05) is 6.61 Å². The molecule has 0 aliphatic carbocycles. The number of oxime groups is 1. The molecule has 6 heteroatoms. The number of nitrogens with one attached hydrogen (secondary N) is 1. The zero-order valence-electron chi connectivity index (χ0n) is 10.2. The number of ether oxygens (including phenoxy) is 1. The van der Waals surface area contributed by atoms with Gasteiger partial charge in [-0.1, -0.05) is 35.5 Å². The Morgan fingerprint density at radius 3 is 2.72 bits per heavy atom. The van der Waals surface area contributed by atoms with Crippen molar-refractivity contribution in [3.05, 3.63) is 35.9 Å². The fourth-order valence-corrected chi connectivity index (χ4v) is 1.43. The van der Waals surface area contributed by atoms with Crippen LogP contribution in [-0.2, 0) is 9.53 Å². The molecule has 0 bridgehead atoms. The molecule has 1 amide bonds. The van der Waals surface area contributed by atoms with E-state index in [2.05, 4.69) is 10.5 Å².